The fourth-order valence-electron chi connectivity index (χ4n) is 2.20. The van der Waals surface area contributed by atoms with Gasteiger partial charge in [-0.15, -0.1) is 0 Å². The molecular weight excluding hydrogens is 222 g/mol. The van der Waals surface area contributed by atoms with Gasteiger partial charge in [0.15, 0.2) is 0 Å². The van der Waals surface area contributed by atoms with Crippen LogP contribution in [0.5, 0.6) is 5.75 Å². The highest BCUT2D eigenvalue weighted by Gasteiger charge is 2.13. The molecule has 1 aromatic rings. The molecule has 1 N–H and O–H groups in total. The van der Waals surface area contributed by atoms with Gasteiger partial charge < -0.3 is 10.1 Å². The SMILES string of the molecule is CCCC(C)Oc1cc(C)ccc1C(C)NCC. The topological polar surface area (TPSA) is 21.3 Å². The zero-order valence-electron chi connectivity index (χ0n) is 12.4. The molecule has 0 radical (unpaired) electrons. The van der Waals surface area contributed by atoms with Crippen LogP contribution in [-0.2, 0) is 0 Å². The molecule has 0 aromatic heterocycles. The Morgan fingerprint density at radius 1 is 1.22 bits per heavy atom. The largest absolute Gasteiger partial charge is 0.490 e. The Morgan fingerprint density at radius 3 is 2.56 bits per heavy atom. The van der Waals surface area contributed by atoms with E-state index >= 15 is 0 Å². The Balaban J connectivity index is 2.89. The minimum absolute atomic E-state index is 0.282. The number of rotatable bonds is 7. The van der Waals surface area contributed by atoms with Gasteiger partial charge in [0.25, 0.3) is 0 Å². The fraction of sp³-hybridized carbons (Fsp3) is 0.625. The van der Waals surface area contributed by atoms with Gasteiger partial charge in [0.2, 0.25) is 0 Å². The summed E-state index contributed by atoms with van der Waals surface area (Å²) in [6.07, 6.45) is 2.54. The first kappa shape index (κ1) is 15.0. The summed E-state index contributed by atoms with van der Waals surface area (Å²) in [6, 6.07) is 6.81. The first-order valence-electron chi connectivity index (χ1n) is 7.09. The summed E-state index contributed by atoms with van der Waals surface area (Å²) in [7, 11) is 0. The maximum Gasteiger partial charge on any atom is 0.124 e. The molecule has 0 fully saturated rings. The molecule has 0 heterocycles. The van der Waals surface area contributed by atoms with Crippen LogP contribution in [0.2, 0.25) is 0 Å². The van der Waals surface area contributed by atoms with Crippen molar-refractivity contribution in [3.63, 3.8) is 0 Å². The monoisotopic (exact) mass is 249 g/mol. The highest BCUT2D eigenvalue weighted by atomic mass is 16.5. The first-order chi connectivity index (χ1) is 8.58. The minimum atomic E-state index is 0.282. The van der Waals surface area contributed by atoms with E-state index in [9.17, 15) is 0 Å². The molecule has 0 aliphatic rings. The molecule has 102 valence electrons. The third-order valence-corrected chi connectivity index (χ3v) is 3.17. The molecule has 0 saturated heterocycles. The third-order valence-electron chi connectivity index (χ3n) is 3.17. The van der Waals surface area contributed by atoms with Gasteiger partial charge in [-0.2, -0.15) is 0 Å². The quantitative estimate of drug-likeness (QED) is 0.780. The average Bonchev–Trinajstić information content (AvgIpc) is 2.29. The number of nitrogens with one attached hydrogen (secondary N) is 1. The van der Waals surface area contributed by atoms with Crippen molar-refractivity contribution in [3.05, 3.63) is 29.3 Å². The Bertz CT molecular complexity index is 362. The maximum absolute atomic E-state index is 6.09. The Kier molecular flexibility index (Phi) is 6.20. The van der Waals surface area contributed by atoms with Crippen molar-refractivity contribution in [2.24, 2.45) is 0 Å². The van der Waals surface area contributed by atoms with Crippen LogP contribution < -0.4 is 10.1 Å². The van der Waals surface area contributed by atoms with Crippen LogP contribution in [-0.4, -0.2) is 12.6 Å². The van der Waals surface area contributed by atoms with Crippen LogP contribution in [0.3, 0.4) is 0 Å². The van der Waals surface area contributed by atoms with Crippen molar-refractivity contribution in [3.8, 4) is 5.75 Å². The van der Waals surface area contributed by atoms with Crippen molar-refractivity contribution in [2.75, 3.05) is 6.54 Å². The number of hydrogen-bond donors (Lipinski definition) is 1. The van der Waals surface area contributed by atoms with Gasteiger partial charge in [-0.25, -0.2) is 0 Å². The Hall–Kier alpha value is -1.02. The van der Waals surface area contributed by atoms with Crippen molar-refractivity contribution in [2.45, 2.75) is 59.6 Å². The second-order valence-corrected chi connectivity index (χ2v) is 5.04. The Morgan fingerprint density at radius 2 is 1.94 bits per heavy atom. The number of hydrogen-bond acceptors (Lipinski definition) is 2. The number of aryl methyl sites for hydroxylation is 1. The molecule has 0 bridgehead atoms. The molecular formula is C16H27NO. The molecule has 0 amide bonds. The highest BCUT2D eigenvalue weighted by Crippen LogP contribution is 2.27. The normalized spacial score (nSPS) is 14.3. The van der Waals surface area contributed by atoms with Gasteiger partial charge in [-0.3, -0.25) is 0 Å². The van der Waals surface area contributed by atoms with Crippen LogP contribution in [0.25, 0.3) is 0 Å². The molecule has 1 aromatic carbocycles. The van der Waals surface area contributed by atoms with Gasteiger partial charge in [-0.1, -0.05) is 32.4 Å². The summed E-state index contributed by atoms with van der Waals surface area (Å²) in [5.41, 5.74) is 2.51. The van der Waals surface area contributed by atoms with Crippen LogP contribution in [0.15, 0.2) is 18.2 Å². The summed E-state index contributed by atoms with van der Waals surface area (Å²) < 4.78 is 6.09. The molecule has 0 aliphatic heterocycles. The van der Waals surface area contributed by atoms with Gasteiger partial charge in [-0.05, 0) is 45.4 Å². The van der Waals surface area contributed by atoms with E-state index in [1.807, 2.05) is 0 Å². The van der Waals surface area contributed by atoms with E-state index in [0.29, 0.717) is 6.04 Å². The van der Waals surface area contributed by atoms with Crippen LogP contribution in [0.4, 0.5) is 0 Å². The summed E-state index contributed by atoms with van der Waals surface area (Å²) in [5, 5.41) is 3.45. The molecule has 1 rings (SSSR count). The van der Waals surface area contributed by atoms with Gasteiger partial charge >= 0.3 is 0 Å². The number of benzene rings is 1. The zero-order chi connectivity index (χ0) is 13.5. The summed E-state index contributed by atoms with van der Waals surface area (Å²) in [6.45, 7) is 11.7. The van der Waals surface area contributed by atoms with Crippen molar-refractivity contribution in [1.82, 2.24) is 5.32 Å². The van der Waals surface area contributed by atoms with Crippen molar-refractivity contribution < 1.29 is 4.74 Å². The molecule has 0 spiro atoms. The van der Waals surface area contributed by atoms with Crippen LogP contribution in [0, 0.1) is 6.92 Å². The van der Waals surface area contributed by atoms with E-state index in [4.69, 9.17) is 4.74 Å². The molecule has 2 heteroatoms. The molecule has 2 atom stereocenters. The van der Waals surface area contributed by atoms with E-state index < -0.39 is 0 Å². The minimum Gasteiger partial charge on any atom is -0.490 e. The molecule has 2 nitrogen and oxygen atoms in total. The first-order valence-corrected chi connectivity index (χ1v) is 7.09. The third kappa shape index (κ3) is 4.34. The summed E-state index contributed by atoms with van der Waals surface area (Å²) in [5.74, 6) is 1.03. The van der Waals surface area contributed by atoms with Crippen molar-refractivity contribution in [1.29, 1.82) is 0 Å². The summed E-state index contributed by atoms with van der Waals surface area (Å²) >= 11 is 0. The van der Waals surface area contributed by atoms with E-state index in [0.717, 1.165) is 25.1 Å². The highest BCUT2D eigenvalue weighted by molar-refractivity contribution is 5.39. The number of ether oxygens (including phenoxy) is 1. The lowest BCUT2D eigenvalue weighted by atomic mass is 10.0. The Labute approximate surface area is 112 Å². The van der Waals surface area contributed by atoms with E-state index in [1.54, 1.807) is 0 Å². The average molecular weight is 249 g/mol. The van der Waals surface area contributed by atoms with Crippen LogP contribution in [0.1, 0.15) is 57.7 Å². The van der Waals surface area contributed by atoms with Crippen LogP contribution >= 0.6 is 0 Å². The fourth-order valence-corrected chi connectivity index (χ4v) is 2.20. The smallest absolute Gasteiger partial charge is 0.124 e. The molecule has 2 unspecified atom stereocenters. The van der Waals surface area contributed by atoms with Gasteiger partial charge in [0.05, 0.1) is 6.10 Å². The summed E-state index contributed by atoms with van der Waals surface area (Å²) in [4.78, 5) is 0. The lowest BCUT2D eigenvalue weighted by Gasteiger charge is -2.21. The zero-order valence-corrected chi connectivity index (χ0v) is 12.4. The lowest BCUT2D eigenvalue weighted by Crippen LogP contribution is -2.20. The second-order valence-electron chi connectivity index (χ2n) is 5.04. The van der Waals surface area contributed by atoms with E-state index in [1.165, 1.54) is 11.1 Å². The molecule has 0 saturated carbocycles. The second kappa shape index (κ2) is 7.42. The van der Waals surface area contributed by atoms with Gasteiger partial charge in [0, 0.05) is 11.6 Å². The molecule has 18 heavy (non-hydrogen) atoms. The maximum atomic E-state index is 6.09. The van der Waals surface area contributed by atoms with Crippen molar-refractivity contribution >= 4 is 0 Å². The predicted molar refractivity (Wildman–Crippen MR) is 78.3 cm³/mol. The lowest BCUT2D eigenvalue weighted by molar-refractivity contribution is 0.206. The molecule has 0 aliphatic carbocycles. The van der Waals surface area contributed by atoms with Gasteiger partial charge in [0.1, 0.15) is 5.75 Å². The van der Waals surface area contributed by atoms with E-state index in [2.05, 4.69) is 58.1 Å². The standard InChI is InChI=1S/C16H27NO/c1-6-8-13(4)18-16-11-12(3)9-10-15(16)14(5)17-7-2/h9-11,13-14,17H,6-8H2,1-5H3. The van der Waals surface area contributed by atoms with E-state index in [-0.39, 0.29) is 6.10 Å². The predicted octanol–water partition coefficient (Wildman–Crippen LogP) is 4.23.